The second-order valence-electron chi connectivity index (χ2n) is 3.16. The van der Waals surface area contributed by atoms with E-state index in [2.05, 4.69) is 5.32 Å². The summed E-state index contributed by atoms with van der Waals surface area (Å²) in [6, 6.07) is 0. The molecule has 0 aromatic rings. The van der Waals surface area contributed by atoms with Gasteiger partial charge >= 0.3 is 29.6 Å². The smallest absolute Gasteiger partial charge is 0.748 e. The number of hydrogen-bond acceptors (Lipinski definition) is 6. The Morgan fingerprint density at radius 1 is 1.60 bits per heavy atom. The van der Waals surface area contributed by atoms with Gasteiger partial charge in [-0.3, -0.25) is 0 Å². The second-order valence-corrected chi connectivity index (χ2v) is 4.75. The van der Waals surface area contributed by atoms with E-state index in [0.717, 1.165) is 0 Å². The molecule has 84 valence electrons. The predicted molar refractivity (Wildman–Crippen MR) is 47.8 cm³/mol. The van der Waals surface area contributed by atoms with Crippen molar-refractivity contribution in [2.45, 2.75) is 17.8 Å². The van der Waals surface area contributed by atoms with Crippen LogP contribution in [0.4, 0.5) is 0 Å². The van der Waals surface area contributed by atoms with Crippen LogP contribution in [0.3, 0.4) is 0 Å². The van der Waals surface area contributed by atoms with Gasteiger partial charge in [-0.1, -0.05) is 0 Å². The van der Waals surface area contributed by atoms with Gasteiger partial charge in [0, 0.05) is 19.7 Å². The molecular formula is C7H14NNaO5S. The van der Waals surface area contributed by atoms with Crippen molar-refractivity contribution in [1.82, 2.24) is 5.32 Å². The van der Waals surface area contributed by atoms with Crippen LogP contribution in [0.15, 0.2) is 0 Å². The molecule has 2 unspecified atom stereocenters. The Morgan fingerprint density at radius 2 is 2.27 bits per heavy atom. The van der Waals surface area contributed by atoms with Crippen LogP contribution in [0.1, 0.15) is 6.42 Å². The molecule has 1 saturated heterocycles. The number of aliphatic hydroxyl groups excluding tert-OH is 1. The largest absolute Gasteiger partial charge is 1.00 e. The Morgan fingerprint density at radius 3 is 2.67 bits per heavy atom. The number of ether oxygens (including phenoxy) is 1. The third-order valence-corrected chi connectivity index (χ3v) is 3.44. The van der Waals surface area contributed by atoms with Gasteiger partial charge in [-0.25, -0.2) is 8.42 Å². The molecule has 15 heavy (non-hydrogen) atoms. The number of rotatable bonds is 4. The summed E-state index contributed by atoms with van der Waals surface area (Å²) in [6.45, 7) is 1.06. The first-order valence-corrected chi connectivity index (χ1v) is 5.90. The van der Waals surface area contributed by atoms with Crippen LogP contribution >= 0.6 is 0 Å². The molecule has 1 heterocycles. The number of nitrogens with one attached hydrogen (secondary N) is 1. The van der Waals surface area contributed by atoms with Gasteiger partial charge in [0.05, 0.1) is 18.0 Å². The summed E-state index contributed by atoms with van der Waals surface area (Å²) in [5, 5.41) is 10.4. The number of aliphatic hydroxyl groups is 1. The number of hydrogen-bond donors (Lipinski definition) is 2. The average Bonchev–Trinajstić information content (AvgIpc) is 2.14. The van der Waals surface area contributed by atoms with Crippen molar-refractivity contribution < 1.29 is 52.4 Å². The zero-order valence-corrected chi connectivity index (χ0v) is 11.5. The minimum atomic E-state index is -4.40. The molecule has 0 aromatic carbocycles. The summed E-state index contributed by atoms with van der Waals surface area (Å²) < 4.78 is 37.7. The molecule has 1 aliphatic rings. The van der Waals surface area contributed by atoms with E-state index >= 15 is 0 Å². The summed E-state index contributed by atoms with van der Waals surface area (Å²) in [7, 11) is -4.40. The molecule has 6 nitrogen and oxygen atoms in total. The van der Waals surface area contributed by atoms with Gasteiger partial charge in [0.25, 0.3) is 0 Å². The molecule has 0 radical (unpaired) electrons. The predicted octanol–water partition coefficient (Wildman–Crippen LogP) is -4.72. The first-order valence-electron chi connectivity index (χ1n) is 4.43. The maximum atomic E-state index is 10.8. The Balaban J connectivity index is 0.00000196. The van der Waals surface area contributed by atoms with Crippen molar-refractivity contribution in [3.8, 4) is 0 Å². The molecule has 0 aliphatic carbocycles. The van der Waals surface area contributed by atoms with Crippen molar-refractivity contribution in [1.29, 1.82) is 0 Å². The van der Waals surface area contributed by atoms with Gasteiger partial charge in [-0.2, -0.15) is 0 Å². The standard InChI is InChI=1S/C7H15NO5S.Na/c9-3-1-7(14(10,11)12)6-5-8-2-4-13-6;/h6-9H,1-5H2,(H,10,11,12);/q;+1/p-1. The SMILES string of the molecule is O=S(=O)([O-])C(CCO)C1CNCCO1.[Na+]. The molecule has 0 spiro atoms. The normalized spacial score (nSPS) is 24.3. The first-order chi connectivity index (χ1) is 6.55. The van der Waals surface area contributed by atoms with Gasteiger partial charge < -0.3 is 19.7 Å². The maximum absolute atomic E-state index is 10.8. The number of morpholine rings is 1. The molecule has 1 rings (SSSR count). The second kappa shape index (κ2) is 7.18. The van der Waals surface area contributed by atoms with Crippen LogP contribution in [0.5, 0.6) is 0 Å². The van der Waals surface area contributed by atoms with E-state index in [9.17, 15) is 13.0 Å². The van der Waals surface area contributed by atoms with Crippen LogP contribution in [-0.2, 0) is 14.9 Å². The van der Waals surface area contributed by atoms with Crippen molar-refractivity contribution >= 4 is 10.1 Å². The molecule has 2 N–H and O–H groups in total. The summed E-state index contributed by atoms with van der Waals surface area (Å²) in [6.07, 6.45) is -0.712. The first kappa shape index (κ1) is 15.8. The fourth-order valence-corrected chi connectivity index (χ4v) is 2.41. The Hall–Kier alpha value is 0.790. The topological polar surface area (TPSA) is 98.7 Å². The average molecular weight is 247 g/mol. The molecule has 1 fully saturated rings. The van der Waals surface area contributed by atoms with E-state index in [1.807, 2.05) is 0 Å². The Bertz CT molecular complexity index is 265. The minimum absolute atomic E-state index is 0. The van der Waals surface area contributed by atoms with E-state index in [0.29, 0.717) is 19.7 Å². The van der Waals surface area contributed by atoms with Crippen molar-refractivity contribution in [3.63, 3.8) is 0 Å². The quantitative estimate of drug-likeness (QED) is 0.382. The van der Waals surface area contributed by atoms with Crippen molar-refractivity contribution in [2.75, 3.05) is 26.3 Å². The Labute approximate surface area is 111 Å². The van der Waals surface area contributed by atoms with Crippen LogP contribution in [-0.4, -0.2) is 55.7 Å². The summed E-state index contributed by atoms with van der Waals surface area (Å²) in [4.78, 5) is 0. The maximum Gasteiger partial charge on any atom is 1.00 e. The minimum Gasteiger partial charge on any atom is -0.748 e. The molecule has 0 aromatic heterocycles. The van der Waals surface area contributed by atoms with Crippen molar-refractivity contribution in [3.05, 3.63) is 0 Å². The van der Waals surface area contributed by atoms with Gasteiger partial charge in [0.2, 0.25) is 0 Å². The summed E-state index contributed by atoms with van der Waals surface area (Å²) >= 11 is 0. The third kappa shape index (κ3) is 5.10. The van der Waals surface area contributed by atoms with E-state index < -0.39 is 21.5 Å². The molecule has 0 bridgehead atoms. The molecular weight excluding hydrogens is 233 g/mol. The van der Waals surface area contributed by atoms with E-state index in [-0.39, 0.29) is 42.6 Å². The fourth-order valence-electron chi connectivity index (χ4n) is 1.47. The van der Waals surface area contributed by atoms with Crippen molar-refractivity contribution in [2.24, 2.45) is 0 Å². The fraction of sp³-hybridized carbons (Fsp3) is 1.00. The van der Waals surface area contributed by atoms with E-state index in [1.54, 1.807) is 0 Å². The van der Waals surface area contributed by atoms with Crippen LogP contribution in [0.2, 0.25) is 0 Å². The molecule has 1 aliphatic heterocycles. The third-order valence-electron chi connectivity index (χ3n) is 2.16. The van der Waals surface area contributed by atoms with Gasteiger partial charge in [0.15, 0.2) is 0 Å². The zero-order valence-electron chi connectivity index (χ0n) is 8.68. The van der Waals surface area contributed by atoms with Crippen LogP contribution in [0.25, 0.3) is 0 Å². The van der Waals surface area contributed by atoms with Gasteiger partial charge in [-0.05, 0) is 6.42 Å². The summed E-state index contributed by atoms with van der Waals surface area (Å²) in [5.41, 5.74) is 0. The molecule has 8 heteroatoms. The van der Waals surface area contributed by atoms with Gasteiger partial charge in [0.1, 0.15) is 10.1 Å². The molecule has 0 amide bonds. The monoisotopic (exact) mass is 247 g/mol. The molecule has 0 saturated carbocycles. The molecule has 2 atom stereocenters. The zero-order chi connectivity index (χ0) is 10.6. The van der Waals surface area contributed by atoms with Gasteiger partial charge in [-0.15, -0.1) is 0 Å². The summed E-state index contributed by atoms with van der Waals surface area (Å²) in [5.74, 6) is 0. The Kier molecular flexibility index (Phi) is 7.56. The van der Waals surface area contributed by atoms with E-state index in [4.69, 9.17) is 9.84 Å². The van der Waals surface area contributed by atoms with Crippen LogP contribution in [0, 0.1) is 0 Å². The van der Waals surface area contributed by atoms with Crippen LogP contribution < -0.4 is 34.9 Å². The van der Waals surface area contributed by atoms with E-state index in [1.165, 1.54) is 0 Å².